The number of rotatable bonds is 10. The lowest BCUT2D eigenvalue weighted by molar-refractivity contribution is 0.0125. The minimum atomic E-state index is -0.365. The molecule has 1 aromatic rings. The molecule has 0 heterocycles. The van der Waals surface area contributed by atoms with Crippen molar-refractivity contribution in [2.75, 3.05) is 25.0 Å². The fourth-order valence-corrected chi connectivity index (χ4v) is 3.79. The summed E-state index contributed by atoms with van der Waals surface area (Å²) in [5.74, 6) is 0.832. The molecular weight excluding hydrogens is 340 g/mol. The number of hydrogen-bond acceptors (Lipinski definition) is 4. The molecule has 152 valence electrons. The Morgan fingerprint density at radius 3 is 2.44 bits per heavy atom. The van der Waals surface area contributed by atoms with Gasteiger partial charge in [-0.25, -0.2) is 4.79 Å². The second kappa shape index (κ2) is 11.9. The fraction of sp³-hybridized carbons (Fsp3) is 0.682. The number of anilines is 1. The lowest BCUT2D eigenvalue weighted by Crippen LogP contribution is -2.47. The van der Waals surface area contributed by atoms with E-state index >= 15 is 0 Å². The van der Waals surface area contributed by atoms with Gasteiger partial charge in [-0.05, 0) is 63.0 Å². The molecule has 27 heavy (non-hydrogen) atoms. The van der Waals surface area contributed by atoms with Gasteiger partial charge in [0, 0.05) is 11.7 Å². The molecule has 2 atom stereocenters. The van der Waals surface area contributed by atoms with Gasteiger partial charge in [0.05, 0.1) is 6.61 Å². The second-order valence-electron chi connectivity index (χ2n) is 7.22. The maximum Gasteiger partial charge on any atom is 0.411 e. The summed E-state index contributed by atoms with van der Waals surface area (Å²) < 4.78 is 11.5. The summed E-state index contributed by atoms with van der Waals surface area (Å²) >= 11 is 0. The van der Waals surface area contributed by atoms with Crippen molar-refractivity contribution in [2.24, 2.45) is 0 Å². The summed E-state index contributed by atoms with van der Waals surface area (Å²) in [5, 5.41) is 2.85. The maximum atomic E-state index is 12.4. The van der Waals surface area contributed by atoms with Gasteiger partial charge in [-0.15, -0.1) is 0 Å². The summed E-state index contributed by atoms with van der Waals surface area (Å²) in [5.41, 5.74) is 0.733. The highest BCUT2D eigenvalue weighted by Crippen LogP contribution is 2.26. The maximum absolute atomic E-state index is 12.4. The topological polar surface area (TPSA) is 50.8 Å². The van der Waals surface area contributed by atoms with Crippen LogP contribution in [0.1, 0.15) is 65.7 Å². The van der Waals surface area contributed by atoms with E-state index in [0.29, 0.717) is 6.04 Å². The fourth-order valence-electron chi connectivity index (χ4n) is 3.79. The number of carbonyl (C=O) groups excluding carboxylic acids is 1. The molecular formula is C22H36N2O3. The van der Waals surface area contributed by atoms with Crippen molar-refractivity contribution in [3.8, 4) is 5.75 Å². The highest BCUT2D eigenvalue weighted by molar-refractivity contribution is 5.84. The van der Waals surface area contributed by atoms with E-state index in [4.69, 9.17) is 9.47 Å². The van der Waals surface area contributed by atoms with E-state index in [1.54, 1.807) is 0 Å². The van der Waals surface area contributed by atoms with Crippen LogP contribution < -0.4 is 10.1 Å². The zero-order valence-corrected chi connectivity index (χ0v) is 17.2. The van der Waals surface area contributed by atoms with Gasteiger partial charge in [0.2, 0.25) is 0 Å². The molecule has 1 aliphatic rings. The Morgan fingerprint density at radius 2 is 1.78 bits per heavy atom. The number of nitrogens with zero attached hydrogens (tertiary/aromatic N) is 1. The van der Waals surface area contributed by atoms with Crippen LogP contribution in [0.3, 0.4) is 0 Å². The van der Waals surface area contributed by atoms with Gasteiger partial charge in [0.25, 0.3) is 0 Å². The van der Waals surface area contributed by atoms with Gasteiger partial charge >= 0.3 is 6.09 Å². The summed E-state index contributed by atoms with van der Waals surface area (Å²) in [4.78, 5) is 14.8. The first kappa shape index (κ1) is 21.5. The van der Waals surface area contributed by atoms with Gasteiger partial charge in [-0.1, -0.05) is 40.0 Å². The average Bonchev–Trinajstić information content (AvgIpc) is 2.69. The van der Waals surface area contributed by atoms with Gasteiger partial charge in [0.15, 0.2) is 0 Å². The number of unbranched alkanes of at least 4 members (excludes halogenated alkanes) is 2. The van der Waals surface area contributed by atoms with Crippen molar-refractivity contribution in [1.82, 2.24) is 4.90 Å². The molecule has 1 saturated carbocycles. The minimum absolute atomic E-state index is 0.0279. The van der Waals surface area contributed by atoms with Gasteiger partial charge in [-0.3, -0.25) is 10.2 Å². The van der Waals surface area contributed by atoms with Crippen LogP contribution in [0, 0.1) is 0 Å². The molecule has 1 aromatic carbocycles. The van der Waals surface area contributed by atoms with Crippen molar-refractivity contribution in [3.05, 3.63) is 24.3 Å². The van der Waals surface area contributed by atoms with E-state index in [-0.39, 0.29) is 12.2 Å². The van der Waals surface area contributed by atoms with Gasteiger partial charge in [-0.2, -0.15) is 0 Å². The molecule has 1 N–H and O–H groups in total. The summed E-state index contributed by atoms with van der Waals surface area (Å²) in [6.45, 7) is 9.22. The Morgan fingerprint density at radius 1 is 1.07 bits per heavy atom. The molecule has 0 radical (unpaired) electrons. The van der Waals surface area contributed by atoms with Crippen LogP contribution in [0.4, 0.5) is 10.5 Å². The normalized spacial score (nSPS) is 19.7. The third-order valence-electron chi connectivity index (χ3n) is 5.32. The molecule has 0 bridgehead atoms. The highest BCUT2D eigenvalue weighted by atomic mass is 16.6. The number of hydrogen-bond donors (Lipinski definition) is 1. The Balaban J connectivity index is 1.83. The first-order valence-electron chi connectivity index (χ1n) is 10.6. The lowest BCUT2D eigenvalue weighted by Gasteiger charge is -2.38. The van der Waals surface area contributed by atoms with Crippen LogP contribution in [0.5, 0.6) is 5.75 Å². The predicted molar refractivity (Wildman–Crippen MR) is 111 cm³/mol. The number of benzene rings is 1. The molecule has 0 aliphatic heterocycles. The summed E-state index contributed by atoms with van der Waals surface area (Å²) in [6, 6.07) is 7.83. The number of likely N-dealkylation sites (N-methyl/N-ethyl adjacent to an activating group) is 1. The van der Waals surface area contributed by atoms with E-state index in [1.165, 1.54) is 19.3 Å². The van der Waals surface area contributed by atoms with Crippen LogP contribution in [0.25, 0.3) is 0 Å². The second-order valence-corrected chi connectivity index (χ2v) is 7.22. The third-order valence-corrected chi connectivity index (χ3v) is 5.32. The van der Waals surface area contributed by atoms with Crippen molar-refractivity contribution < 1.29 is 14.3 Å². The quantitative estimate of drug-likeness (QED) is 0.551. The molecule has 0 spiro atoms. The largest absolute Gasteiger partial charge is 0.494 e. The first-order chi connectivity index (χ1) is 13.2. The standard InChI is InChI=1S/C22H36N2O3/c1-4-7-10-17-26-19-15-13-18(14-16-19)23-22(25)27-21-12-9-8-11-20(21)24(5-2)6-3/h13-16,20-21H,4-12,17H2,1-3H3,(H,23,25)/t20-,21-/m1/s1. The van der Waals surface area contributed by atoms with Crippen LogP contribution in [0.15, 0.2) is 24.3 Å². The Bertz CT molecular complexity index is 543. The smallest absolute Gasteiger partial charge is 0.411 e. The predicted octanol–water partition coefficient (Wildman–Crippen LogP) is 5.46. The zero-order chi connectivity index (χ0) is 19.5. The SMILES string of the molecule is CCCCCOc1ccc(NC(=O)O[C@@H]2CCCC[C@H]2N(CC)CC)cc1. The molecule has 5 heteroatoms. The minimum Gasteiger partial charge on any atom is -0.494 e. The van der Waals surface area contributed by atoms with E-state index in [9.17, 15) is 4.79 Å². The number of carbonyl (C=O) groups is 1. The molecule has 2 rings (SSSR count). The first-order valence-corrected chi connectivity index (χ1v) is 10.6. The highest BCUT2D eigenvalue weighted by Gasteiger charge is 2.31. The van der Waals surface area contributed by atoms with Crippen molar-refractivity contribution >= 4 is 11.8 Å². The van der Waals surface area contributed by atoms with Crippen molar-refractivity contribution in [2.45, 2.75) is 77.9 Å². The van der Waals surface area contributed by atoms with Crippen molar-refractivity contribution in [1.29, 1.82) is 0 Å². The lowest BCUT2D eigenvalue weighted by atomic mass is 9.91. The summed E-state index contributed by atoms with van der Waals surface area (Å²) in [7, 11) is 0. The molecule has 1 aliphatic carbocycles. The number of amides is 1. The van der Waals surface area contributed by atoms with Crippen LogP contribution >= 0.6 is 0 Å². The number of nitrogens with one attached hydrogen (secondary N) is 1. The van der Waals surface area contributed by atoms with Gasteiger partial charge in [0.1, 0.15) is 11.9 Å². The van der Waals surface area contributed by atoms with Crippen LogP contribution in [-0.4, -0.2) is 42.8 Å². The van der Waals surface area contributed by atoms with E-state index < -0.39 is 0 Å². The molecule has 1 fully saturated rings. The number of ether oxygens (including phenoxy) is 2. The van der Waals surface area contributed by atoms with E-state index in [0.717, 1.165) is 56.8 Å². The van der Waals surface area contributed by atoms with E-state index in [2.05, 4.69) is 31.0 Å². The van der Waals surface area contributed by atoms with E-state index in [1.807, 2.05) is 24.3 Å². The molecule has 0 saturated heterocycles. The molecule has 1 amide bonds. The summed E-state index contributed by atoms with van der Waals surface area (Å²) in [6.07, 6.45) is 7.42. The molecule has 0 unspecified atom stereocenters. The molecule has 5 nitrogen and oxygen atoms in total. The van der Waals surface area contributed by atoms with Crippen LogP contribution in [-0.2, 0) is 4.74 Å². The Hall–Kier alpha value is -1.75. The Labute approximate surface area is 164 Å². The zero-order valence-electron chi connectivity index (χ0n) is 17.2. The average molecular weight is 377 g/mol. The third kappa shape index (κ3) is 7.06. The van der Waals surface area contributed by atoms with Crippen molar-refractivity contribution in [3.63, 3.8) is 0 Å². The molecule has 0 aromatic heterocycles. The Kier molecular flexibility index (Phi) is 9.46. The van der Waals surface area contributed by atoms with Crippen LogP contribution in [0.2, 0.25) is 0 Å². The van der Waals surface area contributed by atoms with Gasteiger partial charge < -0.3 is 9.47 Å². The monoisotopic (exact) mass is 376 g/mol.